The summed E-state index contributed by atoms with van der Waals surface area (Å²) in [7, 11) is 0. The second-order valence-corrected chi connectivity index (χ2v) is 4.48. The molecule has 18 heavy (non-hydrogen) atoms. The monoisotopic (exact) mass is 242 g/mol. The van der Waals surface area contributed by atoms with E-state index in [2.05, 4.69) is 52.5 Å². The van der Waals surface area contributed by atoms with Gasteiger partial charge < -0.3 is 0 Å². The summed E-state index contributed by atoms with van der Waals surface area (Å²) in [6.45, 7) is 16.7. The highest BCUT2D eigenvalue weighted by Gasteiger charge is 2.04. The maximum absolute atomic E-state index is 4.20. The van der Waals surface area contributed by atoms with E-state index in [0.717, 1.165) is 5.57 Å². The van der Waals surface area contributed by atoms with Crippen molar-refractivity contribution in [3.63, 3.8) is 0 Å². The number of rotatable bonds is 3. The Morgan fingerprint density at radius 3 is 1.83 bits per heavy atom. The van der Waals surface area contributed by atoms with Crippen molar-refractivity contribution in [2.75, 3.05) is 0 Å². The molecule has 1 aromatic carbocycles. The molecule has 0 unspecified atom stereocenters. The van der Waals surface area contributed by atoms with Gasteiger partial charge in [-0.2, -0.15) is 0 Å². The molecule has 1 rings (SSSR count). The summed E-state index contributed by atoms with van der Waals surface area (Å²) in [4.78, 5) is 0. The van der Waals surface area contributed by atoms with Crippen LogP contribution in [0, 0.1) is 0 Å². The van der Waals surface area contributed by atoms with Gasteiger partial charge in [-0.25, -0.2) is 0 Å². The third kappa shape index (κ3) is 5.18. The SMILES string of the molecule is C=C(C(C=C(C)C)=C(C)C)c1ccccc1.CC. The van der Waals surface area contributed by atoms with Crippen LogP contribution in [-0.4, -0.2) is 0 Å². The molecule has 0 heteroatoms. The van der Waals surface area contributed by atoms with Gasteiger partial charge in [-0.15, -0.1) is 0 Å². The van der Waals surface area contributed by atoms with Crippen LogP contribution in [-0.2, 0) is 0 Å². The Balaban J connectivity index is 0.00000137. The lowest BCUT2D eigenvalue weighted by atomic mass is 9.95. The van der Waals surface area contributed by atoms with E-state index in [4.69, 9.17) is 0 Å². The summed E-state index contributed by atoms with van der Waals surface area (Å²) in [5.74, 6) is 0. The number of hydrogen-bond acceptors (Lipinski definition) is 0. The molecule has 0 aliphatic heterocycles. The van der Waals surface area contributed by atoms with Crippen molar-refractivity contribution < 1.29 is 0 Å². The van der Waals surface area contributed by atoms with E-state index in [1.165, 1.54) is 22.3 Å². The molecule has 0 saturated heterocycles. The van der Waals surface area contributed by atoms with E-state index in [1.54, 1.807) is 0 Å². The lowest BCUT2D eigenvalue weighted by molar-refractivity contribution is 1.31. The van der Waals surface area contributed by atoms with Gasteiger partial charge in [0.1, 0.15) is 0 Å². The number of hydrogen-bond donors (Lipinski definition) is 0. The molecule has 0 nitrogen and oxygen atoms in total. The smallest absolute Gasteiger partial charge is 0.0184 e. The van der Waals surface area contributed by atoms with Crippen molar-refractivity contribution in [3.8, 4) is 0 Å². The van der Waals surface area contributed by atoms with E-state index in [9.17, 15) is 0 Å². The molecule has 1 aromatic rings. The Morgan fingerprint density at radius 2 is 1.44 bits per heavy atom. The minimum Gasteiger partial charge on any atom is -0.0906 e. The van der Waals surface area contributed by atoms with Crippen LogP contribution in [0.15, 0.2) is 59.7 Å². The van der Waals surface area contributed by atoms with E-state index in [0.29, 0.717) is 0 Å². The molecule has 0 atom stereocenters. The van der Waals surface area contributed by atoms with E-state index >= 15 is 0 Å². The summed E-state index contributed by atoms with van der Waals surface area (Å²) in [6, 6.07) is 10.3. The van der Waals surface area contributed by atoms with Gasteiger partial charge in [0.25, 0.3) is 0 Å². The zero-order valence-electron chi connectivity index (χ0n) is 12.7. The van der Waals surface area contributed by atoms with Crippen molar-refractivity contribution in [2.24, 2.45) is 0 Å². The fourth-order valence-corrected chi connectivity index (χ4v) is 1.62. The maximum atomic E-state index is 4.20. The summed E-state index contributed by atoms with van der Waals surface area (Å²) in [5.41, 5.74) is 6.13. The first kappa shape index (κ1) is 16.4. The zero-order chi connectivity index (χ0) is 14.1. The second kappa shape index (κ2) is 8.52. The third-order valence-electron chi connectivity index (χ3n) is 2.42. The van der Waals surface area contributed by atoms with Crippen LogP contribution in [0.3, 0.4) is 0 Å². The Morgan fingerprint density at radius 1 is 0.944 bits per heavy atom. The highest BCUT2D eigenvalue weighted by atomic mass is 14.1. The summed E-state index contributed by atoms with van der Waals surface area (Å²) in [5, 5.41) is 0. The standard InChI is InChI=1S/C16H20.C2H6/c1-12(2)11-16(13(3)4)14(5)15-9-7-6-8-10-15;1-2/h6-11H,5H2,1-4H3;1-2H3. The Bertz CT molecular complexity index is 422. The van der Waals surface area contributed by atoms with Gasteiger partial charge in [0.2, 0.25) is 0 Å². The molecule has 0 fully saturated rings. The van der Waals surface area contributed by atoms with Crippen molar-refractivity contribution in [1.29, 1.82) is 0 Å². The Kier molecular flexibility index (Phi) is 7.78. The van der Waals surface area contributed by atoms with Gasteiger partial charge in [0.05, 0.1) is 0 Å². The average molecular weight is 242 g/mol. The first-order chi connectivity index (χ1) is 8.52. The highest BCUT2D eigenvalue weighted by molar-refractivity contribution is 5.81. The molecule has 0 N–H and O–H groups in total. The van der Waals surface area contributed by atoms with Gasteiger partial charge in [-0.05, 0) is 44.4 Å². The highest BCUT2D eigenvalue weighted by Crippen LogP contribution is 2.25. The fourth-order valence-electron chi connectivity index (χ4n) is 1.62. The molecular formula is C18H26. The van der Waals surface area contributed by atoms with Gasteiger partial charge in [0, 0.05) is 0 Å². The quantitative estimate of drug-likeness (QED) is 0.568. The fraction of sp³-hybridized carbons (Fsp3) is 0.333. The molecule has 0 heterocycles. The van der Waals surface area contributed by atoms with E-state index in [-0.39, 0.29) is 0 Å². The first-order valence-electron chi connectivity index (χ1n) is 6.59. The van der Waals surface area contributed by atoms with Gasteiger partial charge >= 0.3 is 0 Å². The van der Waals surface area contributed by atoms with Crippen molar-refractivity contribution in [3.05, 3.63) is 65.3 Å². The molecule has 98 valence electrons. The van der Waals surface area contributed by atoms with Gasteiger partial charge in [-0.3, -0.25) is 0 Å². The summed E-state index contributed by atoms with van der Waals surface area (Å²) < 4.78 is 0. The lowest BCUT2D eigenvalue weighted by Gasteiger charge is -2.10. The molecule has 0 aliphatic carbocycles. The molecule has 0 aromatic heterocycles. The molecule has 0 radical (unpaired) electrons. The molecule has 0 bridgehead atoms. The van der Waals surface area contributed by atoms with E-state index < -0.39 is 0 Å². The topological polar surface area (TPSA) is 0 Å². The minimum absolute atomic E-state index is 1.10. The van der Waals surface area contributed by atoms with Crippen LogP contribution < -0.4 is 0 Å². The predicted octanol–water partition coefficient (Wildman–Crippen LogP) is 6.03. The van der Waals surface area contributed by atoms with Crippen LogP contribution in [0.25, 0.3) is 5.57 Å². The molecule has 0 spiro atoms. The molecular weight excluding hydrogens is 216 g/mol. The Hall–Kier alpha value is -1.56. The van der Waals surface area contributed by atoms with Crippen molar-refractivity contribution in [1.82, 2.24) is 0 Å². The molecule has 0 saturated carbocycles. The first-order valence-corrected chi connectivity index (χ1v) is 6.59. The molecule has 0 aliphatic rings. The van der Waals surface area contributed by atoms with Crippen LogP contribution >= 0.6 is 0 Å². The summed E-state index contributed by atoms with van der Waals surface area (Å²) >= 11 is 0. The second-order valence-electron chi connectivity index (χ2n) is 4.48. The van der Waals surface area contributed by atoms with Crippen molar-refractivity contribution in [2.45, 2.75) is 41.5 Å². The van der Waals surface area contributed by atoms with Crippen LogP contribution in [0.5, 0.6) is 0 Å². The van der Waals surface area contributed by atoms with Gasteiger partial charge in [-0.1, -0.05) is 68.0 Å². The maximum Gasteiger partial charge on any atom is -0.0184 e. The summed E-state index contributed by atoms with van der Waals surface area (Å²) in [6.07, 6.45) is 2.20. The van der Waals surface area contributed by atoms with E-state index in [1.807, 2.05) is 32.0 Å². The van der Waals surface area contributed by atoms with Crippen LogP contribution in [0.1, 0.15) is 47.1 Å². The normalized spacial score (nSPS) is 8.78. The largest absolute Gasteiger partial charge is 0.0906 e. The average Bonchev–Trinajstić information content (AvgIpc) is 2.38. The van der Waals surface area contributed by atoms with Crippen molar-refractivity contribution >= 4 is 5.57 Å². The Labute approximate surface area is 113 Å². The van der Waals surface area contributed by atoms with Crippen LogP contribution in [0.4, 0.5) is 0 Å². The van der Waals surface area contributed by atoms with Crippen LogP contribution in [0.2, 0.25) is 0 Å². The zero-order valence-corrected chi connectivity index (χ0v) is 12.7. The van der Waals surface area contributed by atoms with Gasteiger partial charge in [0.15, 0.2) is 0 Å². The lowest BCUT2D eigenvalue weighted by Crippen LogP contribution is -1.89. The third-order valence-corrected chi connectivity index (χ3v) is 2.42. The minimum atomic E-state index is 1.10. The number of allylic oxidation sites excluding steroid dienone is 5. The predicted molar refractivity (Wildman–Crippen MR) is 84.6 cm³/mol. The molecule has 0 amide bonds. The number of benzene rings is 1.